The number of carbonyl (C=O) groups excluding carboxylic acids is 2. The maximum Gasteiger partial charge on any atom is 0.322 e. The van der Waals surface area contributed by atoms with Crippen LogP contribution in [-0.4, -0.2) is 60.7 Å². The molecule has 2 aliphatic heterocycles. The number of benzene rings is 2. The predicted molar refractivity (Wildman–Crippen MR) is 145 cm³/mol. The third-order valence-electron chi connectivity index (χ3n) is 6.77. The number of nitrogens with zero attached hydrogens (tertiary/aromatic N) is 2. The van der Waals surface area contributed by atoms with Crippen molar-refractivity contribution >= 4 is 40.6 Å². The van der Waals surface area contributed by atoms with Crippen molar-refractivity contribution < 1.29 is 23.5 Å². The van der Waals surface area contributed by atoms with E-state index in [1.807, 2.05) is 11.4 Å². The average molecular weight is 558 g/mol. The molecule has 200 valence electrons. The first-order valence-electron chi connectivity index (χ1n) is 12.6. The molecule has 1 fully saturated rings. The Morgan fingerprint density at radius 2 is 2.05 bits per heavy atom. The highest BCUT2D eigenvalue weighted by molar-refractivity contribution is 7.10. The minimum absolute atomic E-state index is 0.0984. The molecule has 3 aromatic rings. The minimum Gasteiger partial charge on any atom is -0.491 e. The Morgan fingerprint density at radius 3 is 2.82 bits per heavy atom. The maximum absolute atomic E-state index is 13.7. The Bertz CT molecular complexity index is 1260. The van der Waals surface area contributed by atoms with Gasteiger partial charge in [0.1, 0.15) is 24.7 Å². The fourth-order valence-corrected chi connectivity index (χ4v) is 5.98. The van der Waals surface area contributed by atoms with Crippen LogP contribution in [0.25, 0.3) is 0 Å². The summed E-state index contributed by atoms with van der Waals surface area (Å²) in [6, 6.07) is 14.1. The van der Waals surface area contributed by atoms with E-state index in [0.29, 0.717) is 36.2 Å². The van der Waals surface area contributed by atoms with Crippen LogP contribution in [0.15, 0.2) is 60.0 Å². The quantitative estimate of drug-likeness (QED) is 0.382. The Morgan fingerprint density at radius 1 is 1.21 bits per heavy atom. The maximum atomic E-state index is 13.7. The van der Waals surface area contributed by atoms with E-state index in [2.05, 4.69) is 5.32 Å². The fraction of sp³-hybridized carbons (Fsp3) is 0.357. The van der Waals surface area contributed by atoms with Crippen molar-refractivity contribution in [2.45, 2.75) is 31.4 Å². The largest absolute Gasteiger partial charge is 0.491 e. The van der Waals surface area contributed by atoms with Crippen LogP contribution < -0.4 is 10.1 Å². The second kappa shape index (κ2) is 12.1. The van der Waals surface area contributed by atoms with E-state index in [9.17, 15) is 14.0 Å². The van der Waals surface area contributed by atoms with Crippen LogP contribution in [0.5, 0.6) is 5.75 Å². The van der Waals surface area contributed by atoms with E-state index >= 15 is 0 Å². The van der Waals surface area contributed by atoms with Gasteiger partial charge in [0.05, 0.1) is 12.1 Å². The number of fused-ring (bicyclic) bond motifs is 1. The second-order valence-corrected chi connectivity index (χ2v) is 10.8. The number of nitrogens with one attached hydrogen (secondary N) is 1. The number of ether oxygens (including phenoxy) is 2. The van der Waals surface area contributed by atoms with Gasteiger partial charge < -0.3 is 24.6 Å². The van der Waals surface area contributed by atoms with E-state index in [1.165, 1.54) is 21.9 Å². The summed E-state index contributed by atoms with van der Waals surface area (Å²) in [4.78, 5) is 31.5. The van der Waals surface area contributed by atoms with Gasteiger partial charge in [0, 0.05) is 35.3 Å². The van der Waals surface area contributed by atoms with Crippen LogP contribution in [0.1, 0.15) is 29.3 Å². The molecule has 0 unspecified atom stereocenters. The Labute approximate surface area is 230 Å². The average Bonchev–Trinajstić information content (AvgIpc) is 3.60. The van der Waals surface area contributed by atoms with Gasteiger partial charge in [0.15, 0.2) is 0 Å². The van der Waals surface area contributed by atoms with Crippen LogP contribution in [0.3, 0.4) is 0 Å². The number of hydrogen-bond donors (Lipinski definition) is 1. The van der Waals surface area contributed by atoms with Gasteiger partial charge in [-0.1, -0.05) is 17.7 Å². The summed E-state index contributed by atoms with van der Waals surface area (Å²) in [7, 11) is 0. The number of anilines is 1. The number of amides is 3. The summed E-state index contributed by atoms with van der Waals surface area (Å²) < 4.78 is 25.1. The highest BCUT2D eigenvalue weighted by Crippen LogP contribution is 2.34. The molecule has 1 saturated heterocycles. The number of thiophene rings is 1. The van der Waals surface area contributed by atoms with Crippen LogP contribution in [0, 0.1) is 5.82 Å². The summed E-state index contributed by atoms with van der Waals surface area (Å²) in [5, 5.41) is 5.39. The lowest BCUT2D eigenvalue weighted by molar-refractivity contribution is -0.135. The van der Waals surface area contributed by atoms with Gasteiger partial charge in [0.25, 0.3) is 0 Å². The number of halogens is 2. The Balaban J connectivity index is 1.32. The third-order valence-corrected chi connectivity index (χ3v) is 8.01. The lowest BCUT2D eigenvalue weighted by atomic mass is 10.0. The van der Waals surface area contributed by atoms with Crippen LogP contribution in [0.2, 0.25) is 5.02 Å². The van der Waals surface area contributed by atoms with Gasteiger partial charge in [-0.2, -0.15) is 0 Å². The molecule has 1 N–H and O–H groups in total. The Hall–Kier alpha value is -3.14. The summed E-state index contributed by atoms with van der Waals surface area (Å²) >= 11 is 7.75. The zero-order valence-corrected chi connectivity index (χ0v) is 22.3. The second-order valence-electron chi connectivity index (χ2n) is 9.37. The molecule has 0 radical (unpaired) electrons. The molecular formula is C28H29ClFN3O4S. The third kappa shape index (κ3) is 6.46. The first kappa shape index (κ1) is 26.5. The van der Waals surface area contributed by atoms with E-state index < -0.39 is 0 Å². The van der Waals surface area contributed by atoms with Crippen LogP contribution >= 0.6 is 22.9 Å². The summed E-state index contributed by atoms with van der Waals surface area (Å²) in [5.41, 5.74) is 1.60. The van der Waals surface area contributed by atoms with Crippen LogP contribution in [0.4, 0.5) is 14.9 Å². The van der Waals surface area contributed by atoms with Gasteiger partial charge >= 0.3 is 6.03 Å². The number of rotatable bonds is 8. The first-order chi connectivity index (χ1) is 18.5. The van der Waals surface area contributed by atoms with Gasteiger partial charge in [-0.3, -0.25) is 4.79 Å². The molecular weight excluding hydrogens is 529 g/mol. The molecule has 1 aromatic heterocycles. The number of carbonyl (C=O) groups is 2. The van der Waals surface area contributed by atoms with Crippen LogP contribution in [-0.2, 0) is 16.0 Å². The molecule has 5 rings (SSSR count). The molecule has 0 bridgehead atoms. The SMILES string of the molecule is O=C(Nc1cccc(Cl)c1)N(CC(=O)N1CCc2sccc2[C@H]1COc1ccc(F)cc1)C[C@H]1CCCO1. The minimum atomic E-state index is -0.386. The molecule has 0 spiro atoms. The monoisotopic (exact) mass is 557 g/mol. The van der Waals surface area contributed by atoms with E-state index in [4.69, 9.17) is 21.1 Å². The molecule has 7 nitrogen and oxygen atoms in total. The van der Waals surface area contributed by atoms with Gasteiger partial charge in [-0.05, 0) is 78.7 Å². The van der Waals surface area contributed by atoms with Crippen molar-refractivity contribution in [1.29, 1.82) is 0 Å². The molecule has 2 atom stereocenters. The van der Waals surface area contributed by atoms with Crippen molar-refractivity contribution in [3.8, 4) is 5.75 Å². The van der Waals surface area contributed by atoms with E-state index in [1.54, 1.807) is 52.6 Å². The summed E-state index contributed by atoms with van der Waals surface area (Å²) in [6.07, 6.45) is 2.39. The molecule has 3 amide bonds. The topological polar surface area (TPSA) is 71.1 Å². The molecule has 0 aliphatic carbocycles. The lowest BCUT2D eigenvalue weighted by Crippen LogP contribution is -2.50. The van der Waals surface area contributed by atoms with Crippen molar-refractivity contribution in [1.82, 2.24) is 9.80 Å². The molecule has 10 heteroatoms. The van der Waals surface area contributed by atoms with Gasteiger partial charge in [-0.25, -0.2) is 9.18 Å². The smallest absolute Gasteiger partial charge is 0.322 e. The lowest BCUT2D eigenvalue weighted by Gasteiger charge is -2.37. The number of hydrogen-bond acceptors (Lipinski definition) is 5. The molecule has 2 aromatic carbocycles. The highest BCUT2D eigenvalue weighted by atomic mass is 35.5. The Kier molecular flexibility index (Phi) is 8.46. The van der Waals surface area contributed by atoms with E-state index in [-0.39, 0.29) is 43.1 Å². The fourth-order valence-electron chi connectivity index (χ4n) is 4.86. The highest BCUT2D eigenvalue weighted by Gasteiger charge is 2.34. The molecule has 0 saturated carbocycles. The van der Waals surface area contributed by atoms with E-state index in [0.717, 1.165) is 24.8 Å². The zero-order valence-electron chi connectivity index (χ0n) is 20.8. The molecule has 2 aliphatic rings. The number of urea groups is 1. The normalized spacial score (nSPS) is 18.6. The van der Waals surface area contributed by atoms with Gasteiger partial charge in [0.2, 0.25) is 5.91 Å². The standard InChI is InChI=1S/C28H29ClFN3O4S/c29-19-3-1-4-21(15-19)31-28(35)32(16-23-5-2-13-36-23)17-27(34)33-12-10-26-24(11-14-38-26)25(33)18-37-22-8-6-20(30)7-9-22/h1,3-4,6-9,11,14-15,23,25H,2,5,10,12-13,16-18H2,(H,31,35)/t23-,25-/m1/s1. The van der Waals surface area contributed by atoms with Crippen molar-refractivity contribution in [2.75, 3.05) is 38.2 Å². The zero-order chi connectivity index (χ0) is 26.5. The predicted octanol–water partition coefficient (Wildman–Crippen LogP) is 5.76. The van der Waals surface area contributed by atoms with Crippen molar-refractivity contribution in [3.63, 3.8) is 0 Å². The summed E-state index contributed by atoms with van der Waals surface area (Å²) in [6.45, 7) is 1.61. The molecule has 3 heterocycles. The van der Waals surface area contributed by atoms with Crippen molar-refractivity contribution in [3.05, 3.63) is 81.3 Å². The summed E-state index contributed by atoms with van der Waals surface area (Å²) in [5.74, 6) is 0.0187. The molecule has 38 heavy (non-hydrogen) atoms. The van der Waals surface area contributed by atoms with Crippen molar-refractivity contribution in [2.24, 2.45) is 0 Å². The van der Waals surface area contributed by atoms with Gasteiger partial charge in [-0.15, -0.1) is 11.3 Å². The first-order valence-corrected chi connectivity index (χ1v) is 13.9.